The first kappa shape index (κ1) is 14.3. The highest BCUT2D eigenvalue weighted by molar-refractivity contribution is 9.10. The fourth-order valence-corrected chi connectivity index (χ4v) is 2.38. The maximum absolute atomic E-state index is 8.82. The predicted molar refractivity (Wildman–Crippen MR) is 83.1 cm³/mol. The molecule has 0 spiro atoms. The summed E-state index contributed by atoms with van der Waals surface area (Å²) in [6, 6.07) is 9.45. The Labute approximate surface area is 126 Å². The van der Waals surface area contributed by atoms with E-state index >= 15 is 0 Å². The van der Waals surface area contributed by atoms with Crippen molar-refractivity contribution in [2.24, 2.45) is 0 Å². The van der Waals surface area contributed by atoms with Crippen molar-refractivity contribution in [1.82, 2.24) is 9.97 Å². The van der Waals surface area contributed by atoms with Crippen LogP contribution in [0.3, 0.4) is 0 Å². The summed E-state index contributed by atoms with van der Waals surface area (Å²) < 4.78 is 0.814. The van der Waals surface area contributed by atoms with Crippen LogP contribution in [0.5, 0.6) is 0 Å². The summed E-state index contributed by atoms with van der Waals surface area (Å²) in [7, 11) is 1.92. The molecule has 0 unspecified atom stereocenters. The Kier molecular flexibility index (Phi) is 4.53. The van der Waals surface area contributed by atoms with Gasteiger partial charge in [0.05, 0.1) is 11.6 Å². The van der Waals surface area contributed by atoms with Crippen LogP contribution in [0, 0.1) is 11.3 Å². The summed E-state index contributed by atoms with van der Waals surface area (Å²) in [4.78, 5) is 10.4. The molecule has 1 aromatic heterocycles. The van der Waals surface area contributed by atoms with E-state index < -0.39 is 0 Å². The minimum atomic E-state index is 0.636. The van der Waals surface area contributed by atoms with Gasteiger partial charge in [-0.3, -0.25) is 0 Å². The van der Waals surface area contributed by atoms with Crippen molar-refractivity contribution in [2.45, 2.75) is 6.92 Å². The van der Waals surface area contributed by atoms with Crippen LogP contribution < -0.4 is 10.2 Å². The van der Waals surface area contributed by atoms with E-state index in [9.17, 15) is 0 Å². The van der Waals surface area contributed by atoms with Gasteiger partial charge in [-0.1, -0.05) is 0 Å². The lowest BCUT2D eigenvalue weighted by Crippen LogP contribution is -2.13. The highest BCUT2D eigenvalue weighted by Gasteiger charge is 2.13. The Morgan fingerprint density at radius 3 is 2.60 bits per heavy atom. The molecule has 0 aliphatic rings. The third-order valence-electron chi connectivity index (χ3n) is 2.82. The number of hydrogen-bond acceptors (Lipinski definition) is 5. The Hall–Kier alpha value is -2.13. The Bertz CT molecular complexity index is 633. The Morgan fingerprint density at radius 2 is 2.00 bits per heavy atom. The number of hydrogen-bond donors (Lipinski definition) is 1. The number of halogens is 1. The third kappa shape index (κ3) is 2.89. The van der Waals surface area contributed by atoms with Crippen molar-refractivity contribution in [2.75, 3.05) is 23.8 Å². The molecule has 2 rings (SSSR count). The highest BCUT2D eigenvalue weighted by Crippen LogP contribution is 2.32. The fraction of sp³-hybridized carbons (Fsp3) is 0.214. The summed E-state index contributed by atoms with van der Waals surface area (Å²) in [5.74, 6) is 1.53. The van der Waals surface area contributed by atoms with Crippen LogP contribution in [-0.4, -0.2) is 23.6 Å². The zero-order valence-electron chi connectivity index (χ0n) is 11.3. The van der Waals surface area contributed by atoms with Crippen molar-refractivity contribution in [3.63, 3.8) is 0 Å². The Balaban J connectivity index is 2.35. The van der Waals surface area contributed by atoms with E-state index in [1.54, 1.807) is 12.1 Å². The van der Waals surface area contributed by atoms with Gasteiger partial charge in [-0.2, -0.15) is 5.26 Å². The first-order valence-electron chi connectivity index (χ1n) is 6.15. The highest BCUT2D eigenvalue weighted by atomic mass is 79.9. The third-order valence-corrected chi connectivity index (χ3v) is 3.55. The van der Waals surface area contributed by atoms with Gasteiger partial charge in [0, 0.05) is 19.3 Å². The van der Waals surface area contributed by atoms with Crippen molar-refractivity contribution in [3.8, 4) is 6.07 Å². The number of nitriles is 1. The zero-order chi connectivity index (χ0) is 14.5. The first-order chi connectivity index (χ1) is 9.67. The molecule has 0 saturated carbocycles. The van der Waals surface area contributed by atoms with E-state index in [4.69, 9.17) is 5.26 Å². The minimum Gasteiger partial charge on any atom is -0.369 e. The van der Waals surface area contributed by atoms with Crippen LogP contribution >= 0.6 is 15.9 Å². The van der Waals surface area contributed by atoms with Gasteiger partial charge in [-0.15, -0.1) is 0 Å². The summed E-state index contributed by atoms with van der Waals surface area (Å²) in [5, 5.41) is 12.0. The summed E-state index contributed by atoms with van der Waals surface area (Å²) in [5.41, 5.74) is 1.59. The lowest BCUT2D eigenvalue weighted by Gasteiger charge is -2.20. The quantitative estimate of drug-likeness (QED) is 0.930. The van der Waals surface area contributed by atoms with Gasteiger partial charge in [0.2, 0.25) is 0 Å². The maximum Gasteiger partial charge on any atom is 0.152 e. The first-order valence-corrected chi connectivity index (χ1v) is 6.95. The molecule has 102 valence electrons. The molecule has 5 nitrogen and oxygen atoms in total. The maximum atomic E-state index is 8.82. The topological polar surface area (TPSA) is 64.8 Å². The van der Waals surface area contributed by atoms with Crippen LogP contribution in [0.15, 0.2) is 35.1 Å². The van der Waals surface area contributed by atoms with Gasteiger partial charge in [-0.25, -0.2) is 9.97 Å². The van der Waals surface area contributed by atoms with Crippen molar-refractivity contribution < 1.29 is 0 Å². The number of nitrogens with zero attached hydrogens (tertiary/aromatic N) is 4. The largest absolute Gasteiger partial charge is 0.369 e. The fourth-order valence-electron chi connectivity index (χ4n) is 1.77. The molecule has 0 aliphatic heterocycles. The van der Waals surface area contributed by atoms with Crippen LogP contribution in [0.4, 0.5) is 17.3 Å². The van der Waals surface area contributed by atoms with Crippen LogP contribution in [0.2, 0.25) is 0 Å². The van der Waals surface area contributed by atoms with Gasteiger partial charge < -0.3 is 10.2 Å². The molecule has 0 bridgehead atoms. The van der Waals surface area contributed by atoms with E-state index in [1.165, 1.54) is 6.33 Å². The second-order valence-corrected chi connectivity index (χ2v) is 4.90. The normalized spacial score (nSPS) is 9.90. The number of anilines is 3. The molecule has 1 aromatic carbocycles. The molecule has 20 heavy (non-hydrogen) atoms. The van der Waals surface area contributed by atoms with Gasteiger partial charge in [0.25, 0.3) is 0 Å². The standard InChI is InChI=1S/C14H14BrN5/c1-3-17-13-12(15)14(19-9-18-13)20(2)11-6-4-10(8-16)5-7-11/h4-7,9H,3H2,1-2H3,(H,17,18,19). The molecule has 0 amide bonds. The molecular weight excluding hydrogens is 318 g/mol. The van der Waals surface area contributed by atoms with E-state index in [1.807, 2.05) is 31.0 Å². The molecule has 0 radical (unpaired) electrons. The summed E-state index contributed by atoms with van der Waals surface area (Å²) in [6.07, 6.45) is 1.53. The predicted octanol–water partition coefficient (Wildman–Crippen LogP) is 3.31. The zero-order valence-corrected chi connectivity index (χ0v) is 12.8. The van der Waals surface area contributed by atoms with Crippen LogP contribution in [0.25, 0.3) is 0 Å². The van der Waals surface area contributed by atoms with E-state index in [0.29, 0.717) is 5.56 Å². The lowest BCUT2D eigenvalue weighted by molar-refractivity contribution is 1.05. The van der Waals surface area contributed by atoms with Crippen LogP contribution in [0.1, 0.15) is 12.5 Å². The van der Waals surface area contributed by atoms with Crippen molar-refractivity contribution >= 4 is 33.3 Å². The van der Waals surface area contributed by atoms with E-state index in [-0.39, 0.29) is 0 Å². The molecule has 1 N–H and O–H groups in total. The molecule has 0 saturated heterocycles. The monoisotopic (exact) mass is 331 g/mol. The second kappa shape index (κ2) is 6.35. The SMILES string of the molecule is CCNc1ncnc(N(C)c2ccc(C#N)cc2)c1Br. The molecular formula is C14H14BrN5. The van der Waals surface area contributed by atoms with Gasteiger partial charge >= 0.3 is 0 Å². The summed E-state index contributed by atoms with van der Waals surface area (Å²) in [6.45, 7) is 2.80. The minimum absolute atomic E-state index is 0.636. The second-order valence-electron chi connectivity index (χ2n) is 4.11. The number of nitrogens with one attached hydrogen (secondary N) is 1. The number of rotatable bonds is 4. The molecule has 0 atom stereocenters. The summed E-state index contributed by atoms with van der Waals surface area (Å²) >= 11 is 3.53. The lowest BCUT2D eigenvalue weighted by atomic mass is 10.2. The molecule has 0 aliphatic carbocycles. The average Bonchev–Trinajstić information content (AvgIpc) is 2.49. The smallest absolute Gasteiger partial charge is 0.152 e. The van der Waals surface area contributed by atoms with Crippen LogP contribution in [-0.2, 0) is 0 Å². The average molecular weight is 332 g/mol. The van der Waals surface area contributed by atoms with Gasteiger partial charge in [-0.05, 0) is 47.1 Å². The van der Waals surface area contributed by atoms with Gasteiger partial charge in [0.15, 0.2) is 5.82 Å². The number of benzene rings is 1. The number of aromatic nitrogens is 2. The molecule has 2 aromatic rings. The van der Waals surface area contributed by atoms with Gasteiger partial charge in [0.1, 0.15) is 16.6 Å². The van der Waals surface area contributed by atoms with E-state index in [0.717, 1.165) is 28.3 Å². The Morgan fingerprint density at radius 1 is 1.30 bits per heavy atom. The molecule has 6 heteroatoms. The van der Waals surface area contributed by atoms with Crippen molar-refractivity contribution in [3.05, 3.63) is 40.6 Å². The van der Waals surface area contributed by atoms with E-state index in [2.05, 4.69) is 37.3 Å². The molecule has 1 heterocycles. The molecule has 0 fully saturated rings. The van der Waals surface area contributed by atoms with Crippen molar-refractivity contribution in [1.29, 1.82) is 5.26 Å².